The molecule has 0 saturated carbocycles. The van der Waals surface area contributed by atoms with Gasteiger partial charge in [-0.25, -0.2) is 4.98 Å². The molecule has 1 N–H and O–H groups in total. The smallest absolute Gasteiger partial charge is 0.245 e. The van der Waals surface area contributed by atoms with Crippen LogP contribution in [0.3, 0.4) is 0 Å². The first-order chi connectivity index (χ1) is 10.1. The molecule has 5 nitrogen and oxygen atoms in total. The van der Waals surface area contributed by atoms with E-state index in [2.05, 4.69) is 45.9 Å². The predicted molar refractivity (Wildman–Crippen MR) is 83.3 cm³/mol. The number of carbonyl (C=O) groups excluding carboxylic acids is 1. The van der Waals surface area contributed by atoms with Crippen molar-refractivity contribution in [1.29, 1.82) is 0 Å². The van der Waals surface area contributed by atoms with E-state index in [1.165, 1.54) is 22.7 Å². The van der Waals surface area contributed by atoms with Crippen LogP contribution >= 0.6 is 11.5 Å². The van der Waals surface area contributed by atoms with Gasteiger partial charge >= 0.3 is 0 Å². The average molecular weight is 302 g/mol. The van der Waals surface area contributed by atoms with Crippen LogP contribution in [0.1, 0.15) is 23.4 Å². The second kappa shape index (κ2) is 5.81. The van der Waals surface area contributed by atoms with Gasteiger partial charge in [0.25, 0.3) is 0 Å². The summed E-state index contributed by atoms with van der Waals surface area (Å²) in [6.07, 6.45) is 0.809. The van der Waals surface area contributed by atoms with Crippen LogP contribution < -0.4 is 5.32 Å². The summed E-state index contributed by atoms with van der Waals surface area (Å²) in [5, 5.41) is 3.92. The van der Waals surface area contributed by atoms with Gasteiger partial charge in [-0.05, 0) is 25.8 Å². The van der Waals surface area contributed by atoms with E-state index in [1.54, 1.807) is 0 Å². The highest BCUT2D eigenvalue weighted by molar-refractivity contribution is 7.09. The Balaban J connectivity index is 1.62. The Morgan fingerprint density at radius 2 is 2.10 bits per heavy atom. The van der Waals surface area contributed by atoms with E-state index in [0.29, 0.717) is 6.54 Å². The molecule has 1 aliphatic rings. The third-order valence-electron chi connectivity index (χ3n) is 3.62. The lowest BCUT2D eigenvalue weighted by atomic mass is 10.1. The number of likely N-dealkylation sites (tertiary alicyclic amines) is 1. The molecule has 21 heavy (non-hydrogen) atoms. The SMILES string of the molecule is Cc1ccc(CN2CCC(Nc3nc(C)ns3)C2=O)cc1. The lowest BCUT2D eigenvalue weighted by molar-refractivity contribution is -0.128. The van der Waals surface area contributed by atoms with Crippen LogP contribution in [0.15, 0.2) is 24.3 Å². The maximum atomic E-state index is 12.4. The van der Waals surface area contributed by atoms with Crippen LogP contribution in [0, 0.1) is 13.8 Å². The Labute approximate surface area is 128 Å². The van der Waals surface area contributed by atoms with Crippen molar-refractivity contribution in [2.75, 3.05) is 11.9 Å². The molecule has 1 saturated heterocycles. The molecule has 2 heterocycles. The van der Waals surface area contributed by atoms with Gasteiger partial charge in [0.05, 0.1) is 0 Å². The van der Waals surface area contributed by atoms with Gasteiger partial charge in [0.1, 0.15) is 11.9 Å². The lowest BCUT2D eigenvalue weighted by Crippen LogP contribution is -2.33. The normalized spacial score (nSPS) is 18.3. The molecule has 0 bridgehead atoms. The van der Waals surface area contributed by atoms with Gasteiger partial charge in [0.2, 0.25) is 11.0 Å². The summed E-state index contributed by atoms with van der Waals surface area (Å²) in [6.45, 7) is 5.37. The van der Waals surface area contributed by atoms with Crippen LogP contribution in [-0.2, 0) is 11.3 Å². The Bertz CT molecular complexity index is 637. The number of carbonyl (C=O) groups is 1. The van der Waals surface area contributed by atoms with Crippen molar-refractivity contribution >= 4 is 22.6 Å². The molecule has 1 fully saturated rings. The van der Waals surface area contributed by atoms with E-state index in [1.807, 2.05) is 11.8 Å². The minimum Gasteiger partial charge on any atom is -0.348 e. The second-order valence-corrected chi connectivity index (χ2v) is 6.13. The first-order valence-electron chi connectivity index (χ1n) is 7.03. The number of aryl methyl sites for hydroxylation is 2. The van der Waals surface area contributed by atoms with Crippen molar-refractivity contribution in [1.82, 2.24) is 14.3 Å². The molecule has 0 radical (unpaired) electrons. The summed E-state index contributed by atoms with van der Waals surface area (Å²) in [5.74, 6) is 0.882. The molecule has 0 aliphatic carbocycles. The van der Waals surface area contributed by atoms with Crippen molar-refractivity contribution in [2.24, 2.45) is 0 Å². The molecular weight excluding hydrogens is 284 g/mol. The highest BCUT2D eigenvalue weighted by atomic mass is 32.1. The summed E-state index contributed by atoms with van der Waals surface area (Å²) in [4.78, 5) is 18.6. The molecule has 1 aliphatic heterocycles. The number of anilines is 1. The third-order valence-corrected chi connectivity index (χ3v) is 4.35. The van der Waals surface area contributed by atoms with Crippen molar-refractivity contribution in [2.45, 2.75) is 32.9 Å². The van der Waals surface area contributed by atoms with Crippen LogP contribution in [0.5, 0.6) is 0 Å². The maximum absolute atomic E-state index is 12.4. The zero-order valence-electron chi connectivity index (χ0n) is 12.2. The fourth-order valence-corrected chi connectivity index (χ4v) is 3.08. The number of rotatable bonds is 4. The molecule has 1 atom stereocenters. The van der Waals surface area contributed by atoms with Gasteiger partial charge in [0, 0.05) is 24.6 Å². The third kappa shape index (κ3) is 3.21. The molecule has 3 rings (SSSR count). The Kier molecular flexibility index (Phi) is 3.88. The summed E-state index contributed by atoms with van der Waals surface area (Å²) in [6, 6.07) is 8.14. The highest BCUT2D eigenvalue weighted by Gasteiger charge is 2.32. The Hall–Kier alpha value is -1.95. The molecule has 0 spiro atoms. The first kappa shape index (κ1) is 14.0. The van der Waals surface area contributed by atoms with Gasteiger partial charge in [-0.3, -0.25) is 4.79 Å². The quantitative estimate of drug-likeness (QED) is 0.942. The number of nitrogens with zero attached hydrogens (tertiary/aromatic N) is 3. The lowest BCUT2D eigenvalue weighted by Gasteiger charge is -2.17. The van der Waals surface area contributed by atoms with Crippen molar-refractivity contribution in [3.05, 3.63) is 41.2 Å². The first-order valence-corrected chi connectivity index (χ1v) is 7.80. The predicted octanol–water partition coefficient (Wildman–Crippen LogP) is 2.37. The molecular formula is C15H18N4OS. The van der Waals surface area contributed by atoms with Gasteiger partial charge < -0.3 is 10.2 Å². The van der Waals surface area contributed by atoms with Gasteiger partial charge in [0.15, 0.2) is 0 Å². The summed E-state index contributed by atoms with van der Waals surface area (Å²) in [5.41, 5.74) is 2.40. The van der Waals surface area contributed by atoms with Gasteiger partial charge in [-0.1, -0.05) is 29.8 Å². The van der Waals surface area contributed by atoms with E-state index >= 15 is 0 Å². The number of benzene rings is 1. The average Bonchev–Trinajstić information content (AvgIpc) is 3.02. The number of hydrogen-bond donors (Lipinski definition) is 1. The van der Waals surface area contributed by atoms with Gasteiger partial charge in [-0.15, -0.1) is 0 Å². The summed E-state index contributed by atoms with van der Waals surface area (Å²) >= 11 is 1.30. The topological polar surface area (TPSA) is 58.1 Å². The number of nitrogens with one attached hydrogen (secondary N) is 1. The van der Waals surface area contributed by atoms with E-state index in [0.717, 1.165) is 23.9 Å². The zero-order chi connectivity index (χ0) is 14.8. The number of hydrogen-bond acceptors (Lipinski definition) is 5. The molecule has 6 heteroatoms. The van der Waals surface area contributed by atoms with Crippen LogP contribution in [-0.4, -0.2) is 32.8 Å². The van der Waals surface area contributed by atoms with Crippen LogP contribution in [0.2, 0.25) is 0 Å². The van der Waals surface area contributed by atoms with E-state index < -0.39 is 0 Å². The fraction of sp³-hybridized carbons (Fsp3) is 0.400. The fourth-order valence-electron chi connectivity index (χ4n) is 2.45. The van der Waals surface area contributed by atoms with E-state index in [9.17, 15) is 4.79 Å². The minimum atomic E-state index is -0.178. The number of amides is 1. The minimum absolute atomic E-state index is 0.142. The Morgan fingerprint density at radius 1 is 1.33 bits per heavy atom. The number of aromatic nitrogens is 2. The zero-order valence-corrected chi connectivity index (χ0v) is 13.0. The van der Waals surface area contributed by atoms with Crippen LogP contribution in [0.25, 0.3) is 0 Å². The molecule has 1 unspecified atom stereocenters. The van der Waals surface area contributed by atoms with E-state index in [-0.39, 0.29) is 11.9 Å². The van der Waals surface area contributed by atoms with E-state index in [4.69, 9.17) is 0 Å². The van der Waals surface area contributed by atoms with Crippen molar-refractivity contribution in [3.8, 4) is 0 Å². The van der Waals surface area contributed by atoms with Crippen molar-refractivity contribution in [3.63, 3.8) is 0 Å². The standard InChI is InChI=1S/C15H18N4OS/c1-10-3-5-12(6-4-10)9-19-8-7-13(14(19)20)17-15-16-11(2)18-21-15/h3-6,13H,7-9H2,1-2H3,(H,16,17,18). The largest absolute Gasteiger partial charge is 0.348 e. The summed E-state index contributed by atoms with van der Waals surface area (Å²) < 4.78 is 4.12. The molecule has 2 aromatic rings. The highest BCUT2D eigenvalue weighted by Crippen LogP contribution is 2.20. The molecule has 1 amide bonds. The Morgan fingerprint density at radius 3 is 2.76 bits per heavy atom. The molecule has 1 aromatic carbocycles. The summed E-state index contributed by atoms with van der Waals surface area (Å²) in [7, 11) is 0. The molecule has 1 aromatic heterocycles. The second-order valence-electron chi connectivity index (χ2n) is 5.38. The monoisotopic (exact) mass is 302 g/mol. The van der Waals surface area contributed by atoms with Gasteiger partial charge in [-0.2, -0.15) is 4.37 Å². The maximum Gasteiger partial charge on any atom is 0.245 e. The molecule has 110 valence electrons. The van der Waals surface area contributed by atoms with Crippen molar-refractivity contribution < 1.29 is 4.79 Å². The van der Waals surface area contributed by atoms with Crippen LogP contribution in [0.4, 0.5) is 5.13 Å².